The number of aliphatic imine (C=N–C) groups is 1. The number of halogens is 2. The van der Waals surface area contributed by atoms with Crippen molar-refractivity contribution >= 4 is 5.96 Å². The lowest BCUT2D eigenvalue weighted by Gasteiger charge is -2.36. The molecule has 0 saturated carbocycles. The van der Waals surface area contributed by atoms with Crippen LogP contribution in [0.25, 0.3) is 0 Å². The third-order valence-electron chi connectivity index (χ3n) is 3.65. The molecule has 0 amide bonds. The van der Waals surface area contributed by atoms with Gasteiger partial charge in [0.2, 0.25) is 0 Å². The van der Waals surface area contributed by atoms with Crippen LogP contribution in [0.2, 0.25) is 0 Å². The van der Waals surface area contributed by atoms with Crippen molar-refractivity contribution in [1.82, 2.24) is 10.6 Å². The minimum Gasteiger partial charge on any atom is -0.380 e. The van der Waals surface area contributed by atoms with Gasteiger partial charge in [-0.2, -0.15) is 0 Å². The van der Waals surface area contributed by atoms with Gasteiger partial charge in [-0.3, -0.25) is 4.99 Å². The molecule has 1 unspecified atom stereocenters. The molecule has 2 N–H and O–H groups in total. The maximum atomic E-state index is 13.8. The molecule has 1 aromatic rings. The monoisotopic (exact) mass is 311 g/mol. The van der Waals surface area contributed by atoms with Crippen LogP contribution in [0.4, 0.5) is 8.78 Å². The Bertz CT molecular complexity index is 544. The molecule has 6 heteroatoms. The van der Waals surface area contributed by atoms with Gasteiger partial charge in [0.25, 0.3) is 0 Å². The van der Waals surface area contributed by atoms with E-state index in [0.717, 1.165) is 6.07 Å². The molecule has 0 bridgehead atoms. The van der Waals surface area contributed by atoms with Crippen LogP contribution in [0.3, 0.4) is 0 Å². The second-order valence-electron chi connectivity index (χ2n) is 6.03. The van der Waals surface area contributed by atoms with Gasteiger partial charge in [0, 0.05) is 23.6 Å². The van der Waals surface area contributed by atoms with E-state index >= 15 is 0 Å². The SMILES string of the molecule is CCNC(=NCC1(C)COC1)NC(C)c1ccc(F)cc1F. The van der Waals surface area contributed by atoms with Crippen LogP contribution in [0, 0.1) is 17.0 Å². The van der Waals surface area contributed by atoms with Gasteiger partial charge in [-0.1, -0.05) is 13.0 Å². The van der Waals surface area contributed by atoms with E-state index in [0.29, 0.717) is 37.8 Å². The molecule has 0 spiro atoms. The molecule has 1 aliphatic heterocycles. The zero-order valence-electron chi connectivity index (χ0n) is 13.2. The van der Waals surface area contributed by atoms with Crippen LogP contribution in [0.5, 0.6) is 0 Å². The summed E-state index contributed by atoms with van der Waals surface area (Å²) in [7, 11) is 0. The molecule has 1 saturated heterocycles. The maximum Gasteiger partial charge on any atom is 0.191 e. The van der Waals surface area contributed by atoms with Gasteiger partial charge in [0.05, 0.1) is 25.8 Å². The highest BCUT2D eigenvalue weighted by molar-refractivity contribution is 5.80. The number of hydrogen-bond donors (Lipinski definition) is 2. The fourth-order valence-corrected chi connectivity index (χ4v) is 2.27. The first-order valence-electron chi connectivity index (χ1n) is 7.51. The van der Waals surface area contributed by atoms with Crippen molar-refractivity contribution < 1.29 is 13.5 Å². The summed E-state index contributed by atoms with van der Waals surface area (Å²) in [6.45, 7) is 8.66. The predicted octanol–water partition coefficient (Wildman–Crippen LogP) is 2.62. The lowest BCUT2D eigenvalue weighted by molar-refractivity contribution is -0.0945. The van der Waals surface area contributed by atoms with Crippen molar-refractivity contribution in [2.75, 3.05) is 26.3 Å². The van der Waals surface area contributed by atoms with E-state index in [9.17, 15) is 8.78 Å². The highest BCUT2D eigenvalue weighted by Crippen LogP contribution is 2.26. The van der Waals surface area contributed by atoms with Gasteiger partial charge in [0.1, 0.15) is 11.6 Å². The molecule has 1 atom stereocenters. The van der Waals surface area contributed by atoms with Gasteiger partial charge in [0.15, 0.2) is 5.96 Å². The first kappa shape index (κ1) is 16.7. The Hall–Kier alpha value is -1.69. The number of guanidine groups is 1. The number of benzene rings is 1. The molecular formula is C16H23F2N3O. The highest BCUT2D eigenvalue weighted by Gasteiger charge is 2.33. The largest absolute Gasteiger partial charge is 0.380 e. The summed E-state index contributed by atoms with van der Waals surface area (Å²) in [5.41, 5.74) is 0.484. The Morgan fingerprint density at radius 1 is 1.41 bits per heavy atom. The molecule has 122 valence electrons. The summed E-state index contributed by atoms with van der Waals surface area (Å²) < 4.78 is 32.0. The normalized spacial score (nSPS) is 18.5. The van der Waals surface area contributed by atoms with E-state index in [-0.39, 0.29) is 11.5 Å². The molecule has 0 aromatic heterocycles. The van der Waals surface area contributed by atoms with E-state index in [2.05, 4.69) is 22.5 Å². The fourth-order valence-electron chi connectivity index (χ4n) is 2.27. The molecule has 4 nitrogen and oxygen atoms in total. The average molecular weight is 311 g/mol. The molecule has 2 rings (SSSR count). The van der Waals surface area contributed by atoms with Gasteiger partial charge in [-0.25, -0.2) is 8.78 Å². The standard InChI is InChI=1S/C16H23F2N3O/c1-4-19-15(20-8-16(3)9-22-10-16)21-11(2)13-6-5-12(17)7-14(13)18/h5-7,11H,4,8-10H2,1-3H3,(H2,19,20,21). The lowest BCUT2D eigenvalue weighted by Crippen LogP contribution is -2.44. The van der Waals surface area contributed by atoms with Crippen LogP contribution < -0.4 is 10.6 Å². The van der Waals surface area contributed by atoms with Crippen molar-refractivity contribution in [3.05, 3.63) is 35.4 Å². The van der Waals surface area contributed by atoms with Crippen LogP contribution >= 0.6 is 0 Å². The molecule has 1 heterocycles. The zero-order chi connectivity index (χ0) is 16.2. The van der Waals surface area contributed by atoms with Crippen LogP contribution in [0.15, 0.2) is 23.2 Å². The van der Waals surface area contributed by atoms with E-state index in [1.54, 1.807) is 0 Å². The van der Waals surface area contributed by atoms with Crippen LogP contribution in [-0.4, -0.2) is 32.3 Å². The summed E-state index contributed by atoms with van der Waals surface area (Å²) in [6, 6.07) is 3.29. The quantitative estimate of drug-likeness (QED) is 0.649. The Kier molecular flexibility index (Phi) is 5.34. The summed E-state index contributed by atoms with van der Waals surface area (Å²) >= 11 is 0. The Morgan fingerprint density at radius 3 is 2.68 bits per heavy atom. The molecule has 1 aromatic carbocycles. The maximum absolute atomic E-state index is 13.8. The molecular weight excluding hydrogens is 288 g/mol. The van der Waals surface area contributed by atoms with Crippen molar-refractivity contribution in [3.8, 4) is 0 Å². The van der Waals surface area contributed by atoms with Gasteiger partial charge >= 0.3 is 0 Å². The number of nitrogens with zero attached hydrogens (tertiary/aromatic N) is 1. The van der Waals surface area contributed by atoms with Crippen molar-refractivity contribution in [2.45, 2.75) is 26.8 Å². The third kappa shape index (κ3) is 4.16. The Labute approximate surface area is 130 Å². The minimum atomic E-state index is -0.577. The predicted molar refractivity (Wildman–Crippen MR) is 82.8 cm³/mol. The number of nitrogens with one attached hydrogen (secondary N) is 2. The minimum absolute atomic E-state index is 0.0761. The summed E-state index contributed by atoms with van der Waals surface area (Å²) in [6.07, 6.45) is 0. The highest BCUT2D eigenvalue weighted by atomic mass is 19.1. The van der Waals surface area contributed by atoms with E-state index < -0.39 is 11.6 Å². The molecule has 0 aliphatic carbocycles. The fraction of sp³-hybridized carbons (Fsp3) is 0.562. The molecule has 22 heavy (non-hydrogen) atoms. The first-order valence-corrected chi connectivity index (χ1v) is 7.51. The second kappa shape index (κ2) is 7.05. The van der Waals surface area contributed by atoms with Crippen LogP contribution in [0.1, 0.15) is 32.4 Å². The summed E-state index contributed by atoms with van der Waals surface area (Å²) in [5.74, 6) is -0.519. The number of hydrogen-bond acceptors (Lipinski definition) is 2. The van der Waals surface area contributed by atoms with E-state index in [4.69, 9.17) is 4.74 Å². The summed E-state index contributed by atoms with van der Waals surface area (Å²) in [4.78, 5) is 4.54. The van der Waals surface area contributed by atoms with Crippen molar-refractivity contribution in [2.24, 2.45) is 10.4 Å². The van der Waals surface area contributed by atoms with Gasteiger partial charge in [-0.05, 0) is 19.9 Å². The Balaban J connectivity index is 2.04. The third-order valence-corrected chi connectivity index (χ3v) is 3.65. The van der Waals surface area contributed by atoms with Crippen LogP contribution in [-0.2, 0) is 4.74 Å². The lowest BCUT2D eigenvalue weighted by atomic mass is 9.89. The van der Waals surface area contributed by atoms with Crippen molar-refractivity contribution in [1.29, 1.82) is 0 Å². The smallest absolute Gasteiger partial charge is 0.191 e. The molecule has 1 aliphatic rings. The zero-order valence-corrected chi connectivity index (χ0v) is 13.2. The number of rotatable bonds is 5. The molecule has 1 fully saturated rings. The summed E-state index contributed by atoms with van der Waals surface area (Å²) in [5, 5.41) is 6.29. The van der Waals surface area contributed by atoms with Crippen molar-refractivity contribution in [3.63, 3.8) is 0 Å². The first-order chi connectivity index (χ1) is 10.4. The number of ether oxygens (including phenoxy) is 1. The van der Waals surface area contributed by atoms with E-state index in [1.165, 1.54) is 12.1 Å². The topological polar surface area (TPSA) is 45.7 Å². The average Bonchev–Trinajstić information content (AvgIpc) is 2.42. The van der Waals surface area contributed by atoms with E-state index in [1.807, 2.05) is 13.8 Å². The molecule has 0 radical (unpaired) electrons. The van der Waals surface area contributed by atoms with Gasteiger partial charge in [-0.15, -0.1) is 0 Å². The Morgan fingerprint density at radius 2 is 2.14 bits per heavy atom. The van der Waals surface area contributed by atoms with Gasteiger partial charge < -0.3 is 15.4 Å². The second-order valence-corrected chi connectivity index (χ2v) is 6.03.